The van der Waals surface area contributed by atoms with E-state index in [1.165, 1.54) is 11.2 Å². The smallest absolute Gasteiger partial charge is 0.229 e. The van der Waals surface area contributed by atoms with Crippen LogP contribution in [0.4, 0.5) is 34.5 Å². The quantitative estimate of drug-likeness (QED) is 0.213. The number of sulfonamides is 1. The van der Waals surface area contributed by atoms with Crippen LogP contribution in [0.15, 0.2) is 54.7 Å². The van der Waals surface area contributed by atoms with Crippen LogP contribution in [-0.4, -0.2) is 30.5 Å². The second-order valence-corrected chi connectivity index (χ2v) is 9.83. The predicted molar refractivity (Wildman–Crippen MR) is 143 cm³/mol. The van der Waals surface area contributed by atoms with Crippen molar-refractivity contribution in [3.63, 3.8) is 0 Å². The lowest BCUT2D eigenvalue weighted by Crippen LogP contribution is -2.28. The molecular weight excluding hydrogens is 480 g/mol. The van der Waals surface area contributed by atoms with Crippen LogP contribution in [0.2, 0.25) is 0 Å². The molecule has 2 aromatic carbocycles. The molecule has 1 heterocycles. The van der Waals surface area contributed by atoms with Gasteiger partial charge in [0.15, 0.2) is 5.82 Å². The summed E-state index contributed by atoms with van der Waals surface area (Å²) in [6.45, 7) is 4.40. The first-order valence-corrected chi connectivity index (χ1v) is 13.5. The van der Waals surface area contributed by atoms with E-state index in [2.05, 4.69) is 25.3 Å². The highest BCUT2D eigenvalue weighted by atomic mass is 32.2. The van der Waals surface area contributed by atoms with Crippen molar-refractivity contribution in [3.05, 3.63) is 60.3 Å². The number of nitrogens with two attached hydrogens (primary N) is 2. The van der Waals surface area contributed by atoms with Crippen molar-refractivity contribution in [1.82, 2.24) is 15.3 Å². The molecule has 1 aliphatic rings. The first kappa shape index (κ1) is 26.7. The van der Waals surface area contributed by atoms with E-state index in [4.69, 9.17) is 11.6 Å². The second-order valence-electron chi connectivity index (χ2n) is 8.08. The van der Waals surface area contributed by atoms with Crippen molar-refractivity contribution in [3.8, 4) is 0 Å². The number of hydrazine groups is 1. The van der Waals surface area contributed by atoms with Crippen LogP contribution in [-0.2, 0) is 21.4 Å². The number of anilines is 6. The third-order valence-electron chi connectivity index (χ3n) is 5.05. The maximum Gasteiger partial charge on any atom is 0.229 e. The molecule has 1 saturated carbocycles. The van der Waals surface area contributed by atoms with Gasteiger partial charge in [-0.25, -0.2) is 19.2 Å². The van der Waals surface area contributed by atoms with E-state index in [0.29, 0.717) is 23.6 Å². The topological polar surface area (TPSA) is 168 Å². The van der Waals surface area contributed by atoms with Gasteiger partial charge in [-0.15, -0.1) is 0 Å². The molecule has 12 heteroatoms. The number of hydrogen-bond donors (Lipinski definition) is 5. The van der Waals surface area contributed by atoms with Crippen molar-refractivity contribution in [2.45, 2.75) is 33.2 Å². The molecule has 0 radical (unpaired) electrons. The lowest BCUT2D eigenvalue weighted by molar-refractivity contribution is -0.122. The molecule has 36 heavy (non-hydrogen) atoms. The number of carbonyl (C=O) groups is 1. The average molecular weight is 513 g/mol. The van der Waals surface area contributed by atoms with E-state index >= 15 is 0 Å². The molecule has 0 bridgehead atoms. The minimum atomic E-state index is -3.41. The second kappa shape index (κ2) is 11.7. The summed E-state index contributed by atoms with van der Waals surface area (Å²) in [6, 6.07) is 14.1. The average Bonchev–Trinajstić information content (AvgIpc) is 3.70. The zero-order valence-corrected chi connectivity index (χ0v) is 21.3. The van der Waals surface area contributed by atoms with Gasteiger partial charge in [0.25, 0.3) is 0 Å². The highest BCUT2D eigenvalue weighted by Gasteiger charge is 2.29. The van der Waals surface area contributed by atoms with Crippen molar-refractivity contribution in [1.29, 1.82) is 0 Å². The zero-order chi connectivity index (χ0) is 26.3. The summed E-state index contributed by atoms with van der Waals surface area (Å²) in [5.41, 5.74) is 8.85. The Balaban J connectivity index is 0.00000176. The number of benzene rings is 2. The van der Waals surface area contributed by atoms with Crippen molar-refractivity contribution in [2.24, 2.45) is 11.8 Å². The summed E-state index contributed by atoms with van der Waals surface area (Å²) in [5.74, 6) is 7.05. The fourth-order valence-electron chi connectivity index (χ4n) is 3.26. The number of carbonyl (C=O) groups excluding carboxylic acids is 1. The van der Waals surface area contributed by atoms with E-state index in [-0.39, 0.29) is 29.3 Å². The third-order valence-corrected chi connectivity index (χ3v) is 5.66. The number of nitrogen functional groups attached to an aromatic ring is 1. The Morgan fingerprint density at radius 2 is 1.81 bits per heavy atom. The number of aromatic nitrogens is 2. The first-order valence-electron chi connectivity index (χ1n) is 11.6. The highest BCUT2D eigenvalue weighted by Crippen LogP contribution is 2.30. The Morgan fingerprint density at radius 1 is 1.11 bits per heavy atom. The standard InChI is InChI=1S/C22H26N8O3S.C2H6/c1-34(32,33)29-17-6-3-5-16(11-17)27-22-26-13-19(23)20(28-22)30(24)18-7-2-4-14(10-18)12-25-21(31)15-8-9-15;1-2/h2-7,10-11,13,15,29H,8-9,12,23-24H2,1H3,(H,25,31)(H,26,27,28);1-2H3. The summed E-state index contributed by atoms with van der Waals surface area (Å²) in [5, 5.41) is 7.30. The molecule has 7 N–H and O–H groups in total. The fraction of sp³-hybridized carbons (Fsp3) is 0.292. The number of rotatable bonds is 9. The van der Waals surface area contributed by atoms with Crippen molar-refractivity contribution < 1.29 is 13.2 Å². The van der Waals surface area contributed by atoms with Crippen LogP contribution in [0.1, 0.15) is 32.3 Å². The van der Waals surface area contributed by atoms with Gasteiger partial charge in [-0.3, -0.25) is 14.5 Å². The monoisotopic (exact) mass is 512 g/mol. The Bertz CT molecular complexity index is 1310. The first-order chi connectivity index (χ1) is 17.2. The fourth-order valence-corrected chi connectivity index (χ4v) is 3.81. The van der Waals surface area contributed by atoms with E-state index in [1.807, 2.05) is 32.0 Å². The third kappa shape index (κ3) is 7.55. The molecule has 0 saturated heterocycles. The van der Waals surface area contributed by atoms with Crippen LogP contribution in [0.5, 0.6) is 0 Å². The summed E-state index contributed by atoms with van der Waals surface area (Å²) in [4.78, 5) is 20.5. The summed E-state index contributed by atoms with van der Waals surface area (Å²) < 4.78 is 25.4. The minimum absolute atomic E-state index is 0.0709. The number of nitrogens with zero attached hydrogens (tertiary/aromatic N) is 3. The van der Waals surface area contributed by atoms with Crippen LogP contribution in [0, 0.1) is 5.92 Å². The van der Waals surface area contributed by atoms with Gasteiger partial charge in [-0.05, 0) is 48.7 Å². The van der Waals surface area contributed by atoms with E-state index in [0.717, 1.165) is 24.7 Å². The SMILES string of the molecule is CC.CS(=O)(=O)Nc1cccc(Nc2ncc(N)c(N(N)c3cccc(CNC(=O)C4CC4)c3)n2)c1. The number of amides is 1. The van der Waals surface area contributed by atoms with Crippen molar-refractivity contribution in [2.75, 3.05) is 27.0 Å². The van der Waals surface area contributed by atoms with Gasteiger partial charge in [-0.1, -0.05) is 32.0 Å². The number of nitrogens with one attached hydrogen (secondary N) is 3. The molecule has 0 unspecified atom stereocenters. The molecule has 192 valence electrons. The minimum Gasteiger partial charge on any atom is -0.394 e. The van der Waals surface area contributed by atoms with Gasteiger partial charge in [0.05, 0.1) is 29.5 Å². The van der Waals surface area contributed by atoms with E-state index < -0.39 is 10.0 Å². The summed E-state index contributed by atoms with van der Waals surface area (Å²) in [6.07, 6.45) is 4.41. The van der Waals surface area contributed by atoms with Gasteiger partial charge in [0, 0.05) is 18.2 Å². The van der Waals surface area contributed by atoms with Gasteiger partial charge < -0.3 is 16.4 Å². The van der Waals surface area contributed by atoms with Crippen molar-refractivity contribution >= 4 is 50.4 Å². The Hall–Kier alpha value is -3.90. The molecule has 0 spiro atoms. The molecule has 3 aromatic rings. The largest absolute Gasteiger partial charge is 0.394 e. The Morgan fingerprint density at radius 3 is 2.50 bits per heavy atom. The maximum atomic E-state index is 11.9. The lowest BCUT2D eigenvalue weighted by Gasteiger charge is -2.20. The van der Waals surface area contributed by atoms with Gasteiger partial charge in [0.2, 0.25) is 21.9 Å². The summed E-state index contributed by atoms with van der Waals surface area (Å²) >= 11 is 0. The predicted octanol–water partition coefficient (Wildman–Crippen LogP) is 3.24. The van der Waals surface area contributed by atoms with Gasteiger partial charge in [-0.2, -0.15) is 4.98 Å². The molecule has 0 aliphatic heterocycles. The molecule has 0 atom stereocenters. The Kier molecular flexibility index (Phi) is 8.67. The van der Waals surface area contributed by atoms with Crippen LogP contribution in [0.3, 0.4) is 0 Å². The highest BCUT2D eigenvalue weighted by molar-refractivity contribution is 7.92. The zero-order valence-electron chi connectivity index (χ0n) is 20.5. The van der Waals surface area contributed by atoms with Gasteiger partial charge in [0.1, 0.15) is 0 Å². The van der Waals surface area contributed by atoms with Crippen LogP contribution in [0.25, 0.3) is 0 Å². The van der Waals surface area contributed by atoms with Crippen LogP contribution < -0.4 is 31.9 Å². The molecule has 1 aliphatic carbocycles. The normalized spacial score (nSPS) is 12.7. The van der Waals surface area contributed by atoms with E-state index in [1.54, 1.807) is 30.3 Å². The lowest BCUT2D eigenvalue weighted by atomic mass is 10.2. The maximum absolute atomic E-state index is 11.9. The molecule has 1 aromatic heterocycles. The Labute approximate surface area is 211 Å². The summed E-state index contributed by atoms with van der Waals surface area (Å²) in [7, 11) is -3.41. The molecule has 1 amide bonds. The van der Waals surface area contributed by atoms with E-state index in [9.17, 15) is 13.2 Å². The van der Waals surface area contributed by atoms with Crippen LogP contribution >= 0.6 is 0 Å². The molecule has 4 rings (SSSR count). The van der Waals surface area contributed by atoms with Gasteiger partial charge >= 0.3 is 0 Å². The number of hydrogen-bond acceptors (Lipinski definition) is 9. The molecule has 1 fully saturated rings. The molecule has 11 nitrogen and oxygen atoms in total. The molecular formula is C24H32N8O3S.